The summed E-state index contributed by atoms with van der Waals surface area (Å²) in [5.74, 6) is -0.0559. The molecule has 2 rings (SSSR count). The Labute approximate surface area is 147 Å². The monoisotopic (exact) mass is 396 g/mol. The summed E-state index contributed by atoms with van der Waals surface area (Å²) in [7, 11) is 0. The second-order valence-corrected chi connectivity index (χ2v) is 5.72. The van der Waals surface area contributed by atoms with Crippen LogP contribution in [0.5, 0.6) is 11.5 Å². The SMILES string of the molecule is CCOc1cc(C=NNC(=O)c2ccccc2Cl)cc(Br)c1O. The molecule has 0 aliphatic rings. The first-order chi connectivity index (χ1) is 11.0. The lowest BCUT2D eigenvalue weighted by Crippen LogP contribution is -2.17. The lowest BCUT2D eigenvalue weighted by Gasteiger charge is -2.08. The minimum atomic E-state index is -0.408. The third-order valence-electron chi connectivity index (χ3n) is 2.85. The van der Waals surface area contributed by atoms with E-state index in [0.717, 1.165) is 0 Å². The van der Waals surface area contributed by atoms with E-state index in [2.05, 4.69) is 26.5 Å². The van der Waals surface area contributed by atoms with Crippen LogP contribution in [0.15, 0.2) is 46.0 Å². The Kier molecular flexibility index (Phi) is 6.01. The highest BCUT2D eigenvalue weighted by Gasteiger charge is 2.09. The fourth-order valence-corrected chi connectivity index (χ4v) is 2.49. The molecule has 120 valence electrons. The summed E-state index contributed by atoms with van der Waals surface area (Å²) < 4.78 is 5.80. The van der Waals surface area contributed by atoms with Crippen LogP contribution >= 0.6 is 27.5 Å². The van der Waals surface area contributed by atoms with Crippen molar-refractivity contribution in [1.82, 2.24) is 5.43 Å². The van der Waals surface area contributed by atoms with Gasteiger partial charge >= 0.3 is 0 Å². The molecule has 0 aliphatic carbocycles. The van der Waals surface area contributed by atoms with Crippen molar-refractivity contribution in [3.8, 4) is 11.5 Å². The van der Waals surface area contributed by atoms with E-state index in [0.29, 0.717) is 33.0 Å². The van der Waals surface area contributed by atoms with Gasteiger partial charge in [-0.15, -0.1) is 0 Å². The molecular formula is C16H14BrClN2O3. The van der Waals surface area contributed by atoms with E-state index in [4.69, 9.17) is 16.3 Å². The number of phenolic OH excluding ortho intramolecular Hbond substituents is 1. The van der Waals surface area contributed by atoms with E-state index in [9.17, 15) is 9.90 Å². The topological polar surface area (TPSA) is 70.9 Å². The highest BCUT2D eigenvalue weighted by Crippen LogP contribution is 2.35. The fourth-order valence-electron chi connectivity index (χ4n) is 1.80. The maximum atomic E-state index is 12.0. The Balaban J connectivity index is 2.12. The Bertz CT molecular complexity index is 750. The smallest absolute Gasteiger partial charge is 0.272 e. The summed E-state index contributed by atoms with van der Waals surface area (Å²) in [5, 5.41) is 14.1. The number of ether oxygens (including phenoxy) is 1. The molecule has 0 aromatic heterocycles. The van der Waals surface area contributed by atoms with Gasteiger partial charge in [0.15, 0.2) is 11.5 Å². The predicted molar refractivity (Wildman–Crippen MR) is 93.5 cm³/mol. The van der Waals surface area contributed by atoms with Gasteiger partial charge in [0.25, 0.3) is 5.91 Å². The molecule has 0 saturated carbocycles. The number of amides is 1. The van der Waals surface area contributed by atoms with E-state index >= 15 is 0 Å². The van der Waals surface area contributed by atoms with Gasteiger partial charge < -0.3 is 9.84 Å². The number of rotatable bonds is 5. The first-order valence-corrected chi connectivity index (χ1v) is 7.93. The number of phenols is 1. The Morgan fingerprint density at radius 3 is 2.87 bits per heavy atom. The molecule has 2 N–H and O–H groups in total. The molecule has 2 aromatic carbocycles. The van der Waals surface area contributed by atoms with Gasteiger partial charge in [-0.3, -0.25) is 4.79 Å². The molecule has 7 heteroatoms. The molecule has 2 aromatic rings. The van der Waals surface area contributed by atoms with Crippen LogP contribution in [-0.2, 0) is 0 Å². The summed E-state index contributed by atoms with van der Waals surface area (Å²) in [6.45, 7) is 2.24. The van der Waals surface area contributed by atoms with Crippen LogP contribution in [0.1, 0.15) is 22.8 Å². The van der Waals surface area contributed by atoms with Crippen molar-refractivity contribution in [2.45, 2.75) is 6.92 Å². The maximum absolute atomic E-state index is 12.0. The summed E-state index contributed by atoms with van der Waals surface area (Å²) in [4.78, 5) is 12.0. The van der Waals surface area contributed by atoms with Gasteiger partial charge in [-0.05, 0) is 52.7 Å². The van der Waals surface area contributed by atoms with Crippen molar-refractivity contribution < 1.29 is 14.6 Å². The molecule has 0 atom stereocenters. The molecule has 23 heavy (non-hydrogen) atoms. The van der Waals surface area contributed by atoms with Crippen molar-refractivity contribution in [2.24, 2.45) is 5.10 Å². The number of hydrogen-bond acceptors (Lipinski definition) is 4. The van der Waals surface area contributed by atoms with Crippen LogP contribution in [0.3, 0.4) is 0 Å². The summed E-state index contributed by atoms with van der Waals surface area (Å²) in [6.07, 6.45) is 1.45. The Morgan fingerprint density at radius 2 is 2.17 bits per heavy atom. The number of aromatic hydroxyl groups is 1. The molecule has 1 amide bonds. The van der Waals surface area contributed by atoms with Crippen molar-refractivity contribution >= 4 is 39.7 Å². The Morgan fingerprint density at radius 1 is 1.43 bits per heavy atom. The van der Waals surface area contributed by atoms with Crippen LogP contribution in [-0.4, -0.2) is 23.8 Å². The largest absolute Gasteiger partial charge is 0.503 e. The average molecular weight is 398 g/mol. The average Bonchev–Trinajstić information content (AvgIpc) is 2.52. The minimum Gasteiger partial charge on any atom is -0.503 e. The number of carbonyl (C=O) groups is 1. The van der Waals surface area contributed by atoms with E-state index in [-0.39, 0.29) is 5.75 Å². The zero-order valence-electron chi connectivity index (χ0n) is 12.2. The number of carbonyl (C=O) groups excluding carboxylic acids is 1. The first-order valence-electron chi connectivity index (χ1n) is 6.76. The molecule has 0 unspecified atom stereocenters. The second-order valence-electron chi connectivity index (χ2n) is 4.46. The number of halogens is 2. The van der Waals surface area contributed by atoms with Gasteiger partial charge in [0.05, 0.1) is 27.9 Å². The molecular weight excluding hydrogens is 384 g/mol. The molecule has 0 radical (unpaired) electrons. The molecule has 5 nitrogen and oxygen atoms in total. The fraction of sp³-hybridized carbons (Fsp3) is 0.125. The van der Waals surface area contributed by atoms with Crippen molar-refractivity contribution in [3.05, 3.63) is 57.0 Å². The predicted octanol–water partition coefficient (Wildman–Crippen LogP) is 3.97. The van der Waals surface area contributed by atoms with E-state index in [1.165, 1.54) is 6.21 Å². The van der Waals surface area contributed by atoms with Crippen LogP contribution in [0, 0.1) is 0 Å². The van der Waals surface area contributed by atoms with Gasteiger partial charge in [0.1, 0.15) is 0 Å². The summed E-state index contributed by atoms with van der Waals surface area (Å²) >= 11 is 9.18. The van der Waals surface area contributed by atoms with Gasteiger partial charge in [-0.2, -0.15) is 5.10 Å². The van der Waals surface area contributed by atoms with E-state index in [1.807, 2.05) is 6.92 Å². The standard InChI is InChI=1S/C16H14BrClN2O3/c1-2-23-14-8-10(7-12(17)15(14)21)9-19-20-16(22)11-5-3-4-6-13(11)18/h3-9,21H,2H2,1H3,(H,20,22). The number of hydrazone groups is 1. The number of nitrogens with one attached hydrogen (secondary N) is 1. The van der Waals surface area contributed by atoms with Crippen molar-refractivity contribution in [3.63, 3.8) is 0 Å². The molecule has 0 aliphatic heterocycles. The highest BCUT2D eigenvalue weighted by molar-refractivity contribution is 9.10. The third kappa shape index (κ3) is 4.46. The van der Waals surface area contributed by atoms with Crippen LogP contribution in [0.25, 0.3) is 0 Å². The quantitative estimate of drug-likeness (QED) is 0.592. The summed E-state index contributed by atoms with van der Waals surface area (Å²) in [6, 6.07) is 9.97. The number of nitrogens with zero attached hydrogens (tertiary/aromatic N) is 1. The normalized spacial score (nSPS) is 10.7. The van der Waals surface area contributed by atoms with Gasteiger partial charge in [0, 0.05) is 0 Å². The first kappa shape index (κ1) is 17.3. The zero-order valence-corrected chi connectivity index (χ0v) is 14.6. The van der Waals surface area contributed by atoms with Crippen molar-refractivity contribution in [2.75, 3.05) is 6.61 Å². The van der Waals surface area contributed by atoms with Gasteiger partial charge in [0.2, 0.25) is 0 Å². The Hall–Kier alpha value is -2.05. The van der Waals surface area contributed by atoms with Crippen LogP contribution < -0.4 is 10.2 Å². The summed E-state index contributed by atoms with van der Waals surface area (Å²) in [5.41, 5.74) is 3.39. The third-order valence-corrected chi connectivity index (χ3v) is 3.78. The van der Waals surface area contributed by atoms with Gasteiger partial charge in [-0.25, -0.2) is 5.43 Å². The second kappa shape index (κ2) is 7.99. The molecule has 0 saturated heterocycles. The van der Waals surface area contributed by atoms with E-state index in [1.54, 1.807) is 36.4 Å². The minimum absolute atomic E-state index is 0.0177. The molecule has 0 heterocycles. The zero-order chi connectivity index (χ0) is 16.8. The molecule has 0 spiro atoms. The molecule has 0 bridgehead atoms. The van der Waals surface area contributed by atoms with Crippen LogP contribution in [0.2, 0.25) is 5.02 Å². The number of hydrogen-bond donors (Lipinski definition) is 2. The maximum Gasteiger partial charge on any atom is 0.272 e. The van der Waals surface area contributed by atoms with Gasteiger partial charge in [-0.1, -0.05) is 23.7 Å². The lowest BCUT2D eigenvalue weighted by atomic mass is 10.2. The number of benzene rings is 2. The molecule has 0 fully saturated rings. The van der Waals surface area contributed by atoms with Crippen molar-refractivity contribution in [1.29, 1.82) is 0 Å². The van der Waals surface area contributed by atoms with E-state index < -0.39 is 5.91 Å². The lowest BCUT2D eigenvalue weighted by molar-refractivity contribution is 0.0955. The van der Waals surface area contributed by atoms with Crippen LogP contribution in [0.4, 0.5) is 0 Å². The highest BCUT2D eigenvalue weighted by atomic mass is 79.9.